The van der Waals surface area contributed by atoms with Gasteiger partial charge in [-0.3, -0.25) is 4.79 Å². The van der Waals surface area contributed by atoms with Crippen molar-refractivity contribution in [1.82, 2.24) is 14.1 Å². The second-order valence-electron chi connectivity index (χ2n) is 9.50. The Balaban J connectivity index is 1.56. The average Bonchev–Trinajstić information content (AvgIpc) is 2.84. The van der Waals surface area contributed by atoms with Crippen molar-refractivity contribution in [2.75, 3.05) is 52.9 Å². The minimum absolute atomic E-state index is 0.0128. The molecule has 0 spiro atoms. The van der Waals surface area contributed by atoms with E-state index in [-0.39, 0.29) is 30.4 Å². The number of piperazine rings is 1. The molecule has 35 heavy (non-hydrogen) atoms. The average molecular weight is 524 g/mol. The number of likely N-dealkylation sites (N-methyl/N-ethyl adjacent to an activating group) is 1. The molecular weight excluding hydrogens is 493 g/mol. The number of sulfonamides is 1. The van der Waals surface area contributed by atoms with E-state index in [2.05, 4.69) is 4.90 Å². The maximum Gasteiger partial charge on any atom is 0.243 e. The lowest BCUT2D eigenvalue weighted by Gasteiger charge is -2.43. The van der Waals surface area contributed by atoms with Gasteiger partial charge in [-0.05, 0) is 68.4 Å². The first-order valence-corrected chi connectivity index (χ1v) is 13.6. The van der Waals surface area contributed by atoms with Crippen LogP contribution in [0.2, 0.25) is 5.02 Å². The first-order valence-electron chi connectivity index (χ1n) is 11.8. The highest BCUT2D eigenvalue weighted by Crippen LogP contribution is 2.37. The van der Waals surface area contributed by atoms with E-state index in [1.807, 2.05) is 11.9 Å². The summed E-state index contributed by atoms with van der Waals surface area (Å²) < 4.78 is 47.6. The molecule has 0 aliphatic carbocycles. The fourth-order valence-electron chi connectivity index (χ4n) is 4.69. The Morgan fingerprint density at radius 2 is 1.69 bits per heavy atom. The van der Waals surface area contributed by atoms with E-state index in [9.17, 15) is 17.6 Å². The van der Waals surface area contributed by atoms with Crippen LogP contribution in [0.1, 0.15) is 19.3 Å². The van der Waals surface area contributed by atoms with Crippen molar-refractivity contribution in [2.45, 2.75) is 24.2 Å². The number of ether oxygens (including phenoxy) is 1. The summed E-state index contributed by atoms with van der Waals surface area (Å²) in [4.78, 5) is 17.4. The molecule has 2 heterocycles. The van der Waals surface area contributed by atoms with Crippen molar-refractivity contribution < 1.29 is 22.3 Å². The van der Waals surface area contributed by atoms with E-state index in [0.29, 0.717) is 43.2 Å². The maximum absolute atomic E-state index is 13.4. The number of carbonyl (C=O) groups is 1. The lowest BCUT2D eigenvalue weighted by Crippen LogP contribution is -2.53. The van der Waals surface area contributed by atoms with Gasteiger partial charge >= 0.3 is 0 Å². The van der Waals surface area contributed by atoms with Gasteiger partial charge in [0.1, 0.15) is 11.6 Å². The molecule has 0 radical (unpaired) electrons. The number of rotatable bonds is 7. The van der Waals surface area contributed by atoms with E-state index >= 15 is 0 Å². The molecule has 0 N–H and O–H groups in total. The zero-order chi connectivity index (χ0) is 25.1. The fourth-order valence-corrected chi connectivity index (χ4v) is 6.41. The first kappa shape index (κ1) is 25.9. The summed E-state index contributed by atoms with van der Waals surface area (Å²) in [5.41, 5.74) is -0.689. The van der Waals surface area contributed by atoms with Crippen LogP contribution < -0.4 is 4.74 Å². The standard InChI is InChI=1S/C25H31ClFN3O4S/c1-28-13-15-29(16-14-28)24(31)17-25(19-34-22-7-3-20(26)4-8-22)11-2-12-30(18-25)35(32,33)23-9-5-21(27)6-10-23/h3-10H,2,11-19H2,1H3/t25-/m0/s1. The molecule has 2 aliphatic heterocycles. The third kappa shape index (κ3) is 6.33. The van der Waals surface area contributed by atoms with E-state index < -0.39 is 21.3 Å². The molecule has 1 atom stereocenters. The highest BCUT2D eigenvalue weighted by atomic mass is 35.5. The number of hydrogen-bond acceptors (Lipinski definition) is 5. The molecule has 2 aromatic rings. The zero-order valence-electron chi connectivity index (χ0n) is 19.8. The first-order chi connectivity index (χ1) is 16.7. The third-order valence-corrected chi connectivity index (χ3v) is 8.93. The van der Waals surface area contributed by atoms with Crippen LogP contribution in [-0.4, -0.2) is 81.4 Å². The number of benzene rings is 2. The van der Waals surface area contributed by atoms with Crippen LogP contribution in [0.5, 0.6) is 5.75 Å². The summed E-state index contributed by atoms with van der Waals surface area (Å²) in [7, 11) is -1.81. The molecule has 2 aromatic carbocycles. The Bertz CT molecular complexity index is 1120. The molecule has 4 rings (SSSR count). The van der Waals surface area contributed by atoms with Crippen LogP contribution in [0.15, 0.2) is 53.4 Å². The SMILES string of the molecule is CN1CCN(C(=O)C[C@@]2(COc3ccc(Cl)cc3)CCCN(S(=O)(=O)c3ccc(F)cc3)C2)CC1. The quantitative estimate of drug-likeness (QED) is 0.555. The van der Waals surface area contributed by atoms with Crippen molar-refractivity contribution in [2.24, 2.45) is 5.41 Å². The van der Waals surface area contributed by atoms with Gasteiger partial charge in [-0.25, -0.2) is 12.8 Å². The van der Waals surface area contributed by atoms with Crippen molar-refractivity contribution in [3.63, 3.8) is 0 Å². The molecule has 0 unspecified atom stereocenters. The van der Waals surface area contributed by atoms with Crippen molar-refractivity contribution >= 4 is 27.5 Å². The van der Waals surface area contributed by atoms with Gasteiger partial charge in [0.2, 0.25) is 15.9 Å². The Kier molecular flexibility index (Phi) is 8.00. The molecule has 0 bridgehead atoms. The maximum atomic E-state index is 13.4. The highest BCUT2D eigenvalue weighted by molar-refractivity contribution is 7.89. The Morgan fingerprint density at radius 3 is 2.34 bits per heavy atom. The van der Waals surface area contributed by atoms with Gasteiger partial charge in [-0.1, -0.05) is 11.6 Å². The summed E-state index contributed by atoms with van der Waals surface area (Å²) in [5, 5.41) is 0.589. The van der Waals surface area contributed by atoms with Gasteiger partial charge in [-0.2, -0.15) is 4.31 Å². The van der Waals surface area contributed by atoms with Crippen LogP contribution in [0, 0.1) is 11.2 Å². The van der Waals surface area contributed by atoms with Crippen molar-refractivity contribution in [3.05, 3.63) is 59.4 Å². The number of nitrogens with zero attached hydrogens (tertiary/aromatic N) is 3. The summed E-state index contributed by atoms with van der Waals surface area (Å²) in [6.07, 6.45) is 1.45. The van der Waals surface area contributed by atoms with Crippen LogP contribution in [-0.2, 0) is 14.8 Å². The second kappa shape index (κ2) is 10.8. The topological polar surface area (TPSA) is 70.2 Å². The molecule has 0 aromatic heterocycles. The van der Waals surface area contributed by atoms with Crippen molar-refractivity contribution in [1.29, 1.82) is 0 Å². The minimum atomic E-state index is -3.84. The second-order valence-corrected chi connectivity index (χ2v) is 11.9. The van der Waals surface area contributed by atoms with Gasteiger partial charge in [0, 0.05) is 56.1 Å². The van der Waals surface area contributed by atoms with Gasteiger partial charge in [0.15, 0.2) is 0 Å². The molecule has 1 amide bonds. The Hall–Kier alpha value is -2.20. The lowest BCUT2D eigenvalue weighted by atomic mass is 9.78. The van der Waals surface area contributed by atoms with Crippen LogP contribution in [0.4, 0.5) is 4.39 Å². The van der Waals surface area contributed by atoms with Gasteiger partial charge < -0.3 is 14.5 Å². The molecule has 190 valence electrons. The lowest BCUT2D eigenvalue weighted by molar-refractivity contribution is -0.136. The van der Waals surface area contributed by atoms with Crippen LogP contribution in [0.25, 0.3) is 0 Å². The van der Waals surface area contributed by atoms with E-state index in [4.69, 9.17) is 16.3 Å². The van der Waals surface area contributed by atoms with E-state index in [0.717, 1.165) is 25.2 Å². The number of carbonyl (C=O) groups excluding carboxylic acids is 1. The predicted molar refractivity (Wildman–Crippen MR) is 132 cm³/mol. The van der Waals surface area contributed by atoms with Gasteiger partial charge in [-0.15, -0.1) is 0 Å². The molecular formula is C25H31ClFN3O4S. The Labute approximate surface area is 211 Å². The fraction of sp³-hybridized carbons (Fsp3) is 0.480. The van der Waals surface area contributed by atoms with Crippen LogP contribution in [0.3, 0.4) is 0 Å². The van der Waals surface area contributed by atoms with Crippen LogP contribution >= 0.6 is 11.6 Å². The summed E-state index contributed by atoms with van der Waals surface area (Å²) in [6, 6.07) is 11.8. The normalized spacial score (nSPS) is 22.2. The van der Waals surface area contributed by atoms with Crippen molar-refractivity contribution in [3.8, 4) is 5.75 Å². The number of halogens is 2. The van der Waals surface area contributed by atoms with E-state index in [1.165, 1.54) is 16.4 Å². The molecule has 2 aliphatic rings. The monoisotopic (exact) mass is 523 g/mol. The summed E-state index contributed by atoms with van der Waals surface area (Å²) >= 11 is 5.98. The highest BCUT2D eigenvalue weighted by Gasteiger charge is 2.43. The van der Waals surface area contributed by atoms with E-state index in [1.54, 1.807) is 24.3 Å². The predicted octanol–water partition coefficient (Wildman–Crippen LogP) is 3.49. The largest absolute Gasteiger partial charge is 0.493 e. The molecule has 2 fully saturated rings. The minimum Gasteiger partial charge on any atom is -0.493 e. The molecule has 0 saturated carbocycles. The van der Waals surface area contributed by atoms with Gasteiger partial charge in [0.25, 0.3) is 0 Å². The number of hydrogen-bond donors (Lipinski definition) is 0. The Morgan fingerprint density at radius 1 is 1.03 bits per heavy atom. The zero-order valence-corrected chi connectivity index (χ0v) is 21.4. The van der Waals surface area contributed by atoms with Gasteiger partial charge in [0.05, 0.1) is 11.5 Å². The molecule has 7 nitrogen and oxygen atoms in total. The summed E-state index contributed by atoms with van der Waals surface area (Å²) in [6.45, 7) is 3.62. The molecule has 2 saturated heterocycles. The number of amides is 1. The number of piperidine rings is 1. The smallest absolute Gasteiger partial charge is 0.243 e. The third-order valence-electron chi connectivity index (χ3n) is 6.82. The molecule has 10 heteroatoms. The summed E-state index contributed by atoms with van der Waals surface area (Å²) in [5.74, 6) is 0.129.